The van der Waals surface area contributed by atoms with Crippen LogP contribution in [0.1, 0.15) is 21.5 Å². The molecule has 30 heavy (non-hydrogen) atoms. The highest BCUT2D eigenvalue weighted by molar-refractivity contribution is 6.17. The topological polar surface area (TPSA) is 39.2 Å². The summed E-state index contributed by atoms with van der Waals surface area (Å²) in [7, 11) is 1.46. The van der Waals surface area contributed by atoms with Gasteiger partial charge in [-0.1, -0.05) is 54.6 Å². The van der Waals surface area contributed by atoms with E-state index in [1.807, 2.05) is 0 Å². The number of hydrogen-bond acceptors (Lipinski definition) is 3. The van der Waals surface area contributed by atoms with Crippen molar-refractivity contribution in [3.05, 3.63) is 95.7 Å². The molecule has 0 unspecified atom stereocenters. The molecule has 0 aliphatic rings. The quantitative estimate of drug-likeness (QED) is 0.380. The normalized spacial score (nSPS) is 11.5. The van der Waals surface area contributed by atoms with E-state index in [1.165, 1.54) is 19.4 Å². The molecule has 1 aromatic heterocycles. The van der Waals surface area contributed by atoms with E-state index >= 15 is 0 Å². The van der Waals surface area contributed by atoms with Crippen LogP contribution in [-0.2, 0) is 6.18 Å². The molecule has 0 aliphatic heterocycles. The van der Waals surface area contributed by atoms with E-state index in [1.54, 1.807) is 60.7 Å². The fourth-order valence-corrected chi connectivity index (χ4v) is 3.52. The minimum atomic E-state index is -4.56. The first kappa shape index (κ1) is 19.6. The first-order valence-electron chi connectivity index (χ1n) is 9.14. The molecule has 3 aromatic carbocycles. The SMILES string of the molecule is COc1ccccc1C(=O)c1cnc2c(C(F)(F)F)cccc2c1-c1ccccc1. The summed E-state index contributed by atoms with van der Waals surface area (Å²) in [5, 5.41) is 0.261. The minimum Gasteiger partial charge on any atom is -0.496 e. The highest BCUT2D eigenvalue weighted by atomic mass is 19.4. The molecular formula is C24H16F3NO2. The zero-order chi connectivity index (χ0) is 21.3. The monoisotopic (exact) mass is 407 g/mol. The Kier molecular flexibility index (Phi) is 4.99. The molecular weight excluding hydrogens is 391 g/mol. The summed E-state index contributed by atoms with van der Waals surface area (Å²) in [6, 6.07) is 19.5. The maximum Gasteiger partial charge on any atom is 0.418 e. The maximum absolute atomic E-state index is 13.6. The third-order valence-corrected chi connectivity index (χ3v) is 4.86. The van der Waals surface area contributed by atoms with Crippen LogP contribution >= 0.6 is 0 Å². The lowest BCUT2D eigenvalue weighted by molar-refractivity contribution is -0.136. The van der Waals surface area contributed by atoms with Gasteiger partial charge < -0.3 is 4.74 Å². The number of fused-ring (bicyclic) bond motifs is 1. The summed E-state index contributed by atoms with van der Waals surface area (Å²) in [6.45, 7) is 0. The van der Waals surface area contributed by atoms with Gasteiger partial charge in [0.25, 0.3) is 0 Å². The van der Waals surface area contributed by atoms with Crippen LogP contribution in [0, 0.1) is 0 Å². The van der Waals surface area contributed by atoms with Crippen molar-refractivity contribution in [1.82, 2.24) is 4.98 Å². The molecule has 4 rings (SSSR count). The van der Waals surface area contributed by atoms with Crippen molar-refractivity contribution in [2.75, 3.05) is 7.11 Å². The van der Waals surface area contributed by atoms with Gasteiger partial charge in [0.05, 0.1) is 23.8 Å². The van der Waals surface area contributed by atoms with Gasteiger partial charge >= 0.3 is 6.18 Å². The van der Waals surface area contributed by atoms with Crippen LogP contribution in [0.2, 0.25) is 0 Å². The molecule has 0 fully saturated rings. The number of halogens is 3. The summed E-state index contributed by atoms with van der Waals surface area (Å²) >= 11 is 0. The van der Waals surface area contributed by atoms with Crippen molar-refractivity contribution in [3.8, 4) is 16.9 Å². The molecule has 0 saturated carbocycles. The summed E-state index contributed by atoms with van der Waals surface area (Å²) in [6.07, 6.45) is -3.34. The van der Waals surface area contributed by atoms with Gasteiger partial charge in [-0.25, -0.2) is 0 Å². The Balaban J connectivity index is 2.05. The number of methoxy groups -OCH3 is 1. The van der Waals surface area contributed by atoms with Gasteiger partial charge in [0.2, 0.25) is 0 Å². The molecule has 0 N–H and O–H groups in total. The number of rotatable bonds is 4. The van der Waals surface area contributed by atoms with E-state index < -0.39 is 11.7 Å². The van der Waals surface area contributed by atoms with Crippen LogP contribution in [0.15, 0.2) is 79.0 Å². The number of para-hydroxylation sites is 2. The summed E-state index contributed by atoms with van der Waals surface area (Å²) in [5.74, 6) is 0.00349. The van der Waals surface area contributed by atoms with Gasteiger partial charge in [-0.15, -0.1) is 0 Å². The van der Waals surface area contributed by atoms with Gasteiger partial charge in [-0.3, -0.25) is 9.78 Å². The molecule has 0 aliphatic carbocycles. The first-order valence-corrected chi connectivity index (χ1v) is 9.14. The number of aromatic nitrogens is 1. The Hall–Kier alpha value is -3.67. The Labute approximate surface area is 170 Å². The molecule has 0 atom stereocenters. The van der Waals surface area contributed by atoms with Gasteiger partial charge in [0, 0.05) is 22.7 Å². The second-order valence-electron chi connectivity index (χ2n) is 6.64. The number of carbonyl (C=O) groups excluding carboxylic acids is 1. The van der Waals surface area contributed by atoms with E-state index in [0.717, 1.165) is 6.07 Å². The average molecular weight is 407 g/mol. The first-order chi connectivity index (χ1) is 14.4. The molecule has 3 nitrogen and oxygen atoms in total. The van der Waals surface area contributed by atoms with Crippen molar-refractivity contribution < 1.29 is 22.7 Å². The van der Waals surface area contributed by atoms with Crippen LogP contribution in [0.3, 0.4) is 0 Å². The number of ketones is 1. The predicted octanol–water partition coefficient (Wildman–Crippen LogP) is 6.16. The Bertz CT molecular complexity index is 1230. The van der Waals surface area contributed by atoms with Crippen LogP contribution in [-0.4, -0.2) is 17.9 Å². The van der Waals surface area contributed by atoms with Gasteiger partial charge in [-0.2, -0.15) is 13.2 Å². The second-order valence-corrected chi connectivity index (χ2v) is 6.64. The molecule has 0 amide bonds. The van der Waals surface area contributed by atoms with Crippen LogP contribution < -0.4 is 4.74 Å². The summed E-state index contributed by atoms with van der Waals surface area (Å²) in [5.41, 5.74) is 0.516. The number of nitrogens with zero attached hydrogens (tertiary/aromatic N) is 1. The second kappa shape index (κ2) is 7.63. The van der Waals surface area contributed by atoms with Gasteiger partial charge in [0.15, 0.2) is 5.78 Å². The van der Waals surface area contributed by atoms with E-state index in [-0.39, 0.29) is 22.2 Å². The molecule has 0 saturated heterocycles. The van der Waals surface area contributed by atoms with Crippen LogP contribution in [0.5, 0.6) is 5.75 Å². The third-order valence-electron chi connectivity index (χ3n) is 4.86. The van der Waals surface area contributed by atoms with E-state index in [4.69, 9.17) is 4.74 Å². The maximum atomic E-state index is 13.6. The number of carbonyl (C=O) groups is 1. The number of hydrogen-bond donors (Lipinski definition) is 0. The van der Waals surface area contributed by atoms with E-state index in [2.05, 4.69) is 4.98 Å². The van der Waals surface area contributed by atoms with Crippen molar-refractivity contribution in [2.45, 2.75) is 6.18 Å². The third kappa shape index (κ3) is 3.41. The largest absolute Gasteiger partial charge is 0.496 e. The fraction of sp³-hybridized carbons (Fsp3) is 0.0833. The smallest absolute Gasteiger partial charge is 0.418 e. The number of pyridine rings is 1. The van der Waals surface area contributed by atoms with Crippen molar-refractivity contribution >= 4 is 16.7 Å². The molecule has 6 heteroatoms. The predicted molar refractivity (Wildman–Crippen MR) is 109 cm³/mol. The highest BCUT2D eigenvalue weighted by Crippen LogP contribution is 2.39. The van der Waals surface area contributed by atoms with Crippen molar-refractivity contribution in [3.63, 3.8) is 0 Å². The lowest BCUT2D eigenvalue weighted by Gasteiger charge is -2.16. The Morgan fingerprint density at radius 2 is 1.57 bits per heavy atom. The molecule has 0 spiro atoms. The standard InChI is InChI=1S/C24H16F3NO2/c1-30-20-13-6-5-10-16(20)23(29)18-14-28-22-17(11-7-12-19(22)24(25,26)27)21(18)15-8-3-2-4-9-15/h2-14H,1H3. The minimum absolute atomic E-state index is 0.194. The zero-order valence-electron chi connectivity index (χ0n) is 15.9. The molecule has 0 bridgehead atoms. The number of benzene rings is 3. The molecule has 0 radical (unpaired) electrons. The van der Waals surface area contributed by atoms with Crippen molar-refractivity contribution in [2.24, 2.45) is 0 Å². The van der Waals surface area contributed by atoms with Gasteiger partial charge in [-0.05, 0) is 23.8 Å². The zero-order valence-corrected chi connectivity index (χ0v) is 15.9. The van der Waals surface area contributed by atoms with E-state index in [9.17, 15) is 18.0 Å². The fourth-order valence-electron chi connectivity index (χ4n) is 3.52. The lowest BCUT2D eigenvalue weighted by atomic mass is 9.91. The summed E-state index contributed by atoms with van der Waals surface area (Å²) in [4.78, 5) is 17.5. The highest BCUT2D eigenvalue weighted by Gasteiger charge is 2.34. The number of alkyl halides is 3. The van der Waals surface area contributed by atoms with Crippen LogP contribution in [0.25, 0.3) is 22.0 Å². The van der Waals surface area contributed by atoms with Crippen LogP contribution in [0.4, 0.5) is 13.2 Å². The number of ether oxygens (including phenoxy) is 1. The van der Waals surface area contributed by atoms with Crippen molar-refractivity contribution in [1.29, 1.82) is 0 Å². The Morgan fingerprint density at radius 1 is 0.867 bits per heavy atom. The molecule has 4 aromatic rings. The molecule has 150 valence electrons. The van der Waals surface area contributed by atoms with E-state index in [0.29, 0.717) is 22.4 Å². The lowest BCUT2D eigenvalue weighted by Crippen LogP contribution is -2.10. The average Bonchev–Trinajstić information content (AvgIpc) is 2.77. The Morgan fingerprint density at radius 3 is 2.27 bits per heavy atom. The summed E-state index contributed by atoms with van der Waals surface area (Å²) < 4.78 is 45.9. The molecule has 1 heterocycles. The van der Waals surface area contributed by atoms with Gasteiger partial charge in [0.1, 0.15) is 5.75 Å².